The maximum Gasteiger partial charge on any atom is 0.320 e. The minimum absolute atomic E-state index is 0.106. The third-order valence-corrected chi connectivity index (χ3v) is 9.10. The number of hydrogen-bond donors (Lipinski definition) is 4. The Bertz CT molecular complexity index is 1790. The summed E-state index contributed by atoms with van der Waals surface area (Å²) in [7, 11) is 2.13. The topological polar surface area (TPSA) is 140 Å². The van der Waals surface area contributed by atoms with Crippen molar-refractivity contribution in [3.05, 3.63) is 89.4 Å². The molecule has 4 aromatic rings. The molecule has 246 valence electrons. The van der Waals surface area contributed by atoms with Gasteiger partial charge in [-0.2, -0.15) is 0 Å². The molecule has 1 aliphatic heterocycles. The molecule has 2 aromatic carbocycles. The van der Waals surface area contributed by atoms with Crippen molar-refractivity contribution in [2.24, 2.45) is 10.4 Å². The lowest BCUT2D eigenvalue weighted by molar-refractivity contribution is 0.171. The molecule has 11 nitrogen and oxygen atoms in total. The number of amidine groups is 1. The fraction of sp³-hybridized carbons (Fsp3) is 0.417. The zero-order valence-electron chi connectivity index (χ0n) is 27.5. The summed E-state index contributed by atoms with van der Waals surface area (Å²) in [4.78, 5) is 20.4. The lowest BCUT2D eigenvalue weighted by Gasteiger charge is -2.32. The number of amides is 2. The van der Waals surface area contributed by atoms with Crippen LogP contribution in [0.5, 0.6) is 5.75 Å². The molecule has 0 saturated carbocycles. The van der Waals surface area contributed by atoms with E-state index in [9.17, 15) is 9.90 Å². The minimum Gasteiger partial charge on any atom is -0.484 e. The van der Waals surface area contributed by atoms with Gasteiger partial charge < -0.3 is 20.6 Å². The molecule has 1 saturated heterocycles. The van der Waals surface area contributed by atoms with Crippen LogP contribution >= 0.6 is 0 Å². The maximum atomic E-state index is 13.4. The molecule has 11 heteroatoms. The van der Waals surface area contributed by atoms with E-state index in [1.165, 1.54) is 0 Å². The molecule has 1 aliphatic carbocycles. The largest absolute Gasteiger partial charge is 0.484 e. The summed E-state index contributed by atoms with van der Waals surface area (Å²) >= 11 is 0. The number of nitrogens with one attached hydrogen (secondary N) is 3. The summed E-state index contributed by atoms with van der Waals surface area (Å²) in [6.45, 7) is 6.84. The molecule has 1 fully saturated rings. The maximum absolute atomic E-state index is 13.4. The first-order valence-electron chi connectivity index (χ1n) is 16.3. The standard InChI is InChI=1S/C36H44N8O3/c1-36(2,3)31(37)20-32(38-24-10-7-9-23(19-24)22-45)40-35(46)39-28-15-16-30(27-12-6-5-11-26(27)28)47-25-14-17-33-41-42-34(44(33)21-25)29-13-8-18-43(29)4/h5-7,9-12,14,17,19,21,28-30,37,45H,8,13,15-16,18,20,22H2,1-4H3,(H2,38,39,40,46). The summed E-state index contributed by atoms with van der Waals surface area (Å²) in [5.41, 5.74) is 4.24. The number of ether oxygens (including phenoxy) is 1. The van der Waals surface area contributed by atoms with Crippen LogP contribution in [0.4, 0.5) is 10.5 Å². The van der Waals surface area contributed by atoms with Crippen molar-refractivity contribution in [1.29, 1.82) is 5.41 Å². The number of aromatic nitrogens is 3. The van der Waals surface area contributed by atoms with Crippen molar-refractivity contribution in [1.82, 2.24) is 30.1 Å². The number of carbonyl (C=O) groups is 1. The van der Waals surface area contributed by atoms with Gasteiger partial charge in [-0.15, -0.1) is 10.2 Å². The Kier molecular flexibility index (Phi) is 9.38. The van der Waals surface area contributed by atoms with Gasteiger partial charge >= 0.3 is 6.03 Å². The van der Waals surface area contributed by atoms with E-state index in [4.69, 9.17) is 10.1 Å². The highest BCUT2D eigenvalue weighted by Gasteiger charge is 2.31. The number of benzene rings is 2. The van der Waals surface area contributed by atoms with Crippen molar-refractivity contribution in [2.75, 3.05) is 13.6 Å². The Morgan fingerprint density at radius 3 is 2.62 bits per heavy atom. The number of urea groups is 1. The molecule has 0 radical (unpaired) electrons. The SMILES string of the molecule is CN1CCCC1c1nnc2ccc(OC3CCC(NC(=O)NC(CC(=N)C(C)(C)C)=Nc4cccc(CO)c4)c4ccccc43)cn12. The number of aliphatic imine (C=N–C) groups is 1. The number of fused-ring (bicyclic) bond motifs is 2. The number of rotatable bonds is 8. The van der Waals surface area contributed by atoms with Gasteiger partial charge in [0, 0.05) is 12.1 Å². The van der Waals surface area contributed by atoms with Crippen LogP contribution in [0, 0.1) is 10.8 Å². The number of likely N-dealkylation sites (tertiary alicyclic amines) is 1. The van der Waals surface area contributed by atoms with Crippen molar-refractivity contribution < 1.29 is 14.6 Å². The third kappa shape index (κ3) is 7.36. The average molecular weight is 637 g/mol. The van der Waals surface area contributed by atoms with E-state index in [-0.39, 0.29) is 42.7 Å². The molecule has 3 unspecified atom stereocenters. The van der Waals surface area contributed by atoms with Gasteiger partial charge in [0.1, 0.15) is 17.7 Å². The smallest absolute Gasteiger partial charge is 0.320 e. The summed E-state index contributed by atoms with van der Waals surface area (Å²) in [5, 5.41) is 33.2. The predicted octanol–water partition coefficient (Wildman–Crippen LogP) is 6.43. The lowest BCUT2D eigenvalue weighted by Crippen LogP contribution is -2.43. The van der Waals surface area contributed by atoms with Crippen LogP contribution in [0.15, 0.2) is 71.9 Å². The van der Waals surface area contributed by atoms with Crippen LogP contribution in [0.3, 0.4) is 0 Å². The minimum atomic E-state index is -0.384. The van der Waals surface area contributed by atoms with Gasteiger partial charge in [-0.05, 0) is 85.6 Å². The van der Waals surface area contributed by atoms with Crippen molar-refractivity contribution in [2.45, 2.75) is 77.7 Å². The first kappa shape index (κ1) is 32.3. The van der Waals surface area contributed by atoms with E-state index < -0.39 is 0 Å². The molecule has 4 N–H and O–H groups in total. The van der Waals surface area contributed by atoms with Gasteiger partial charge in [0.15, 0.2) is 11.5 Å². The Morgan fingerprint density at radius 1 is 1.06 bits per heavy atom. The average Bonchev–Trinajstić information content (AvgIpc) is 3.66. The number of carbonyl (C=O) groups excluding carboxylic acids is 1. The van der Waals surface area contributed by atoms with Crippen LogP contribution in [0.1, 0.15) is 93.6 Å². The fourth-order valence-corrected chi connectivity index (χ4v) is 6.36. The van der Waals surface area contributed by atoms with Gasteiger partial charge in [0.05, 0.1) is 30.6 Å². The van der Waals surface area contributed by atoms with Gasteiger partial charge in [-0.3, -0.25) is 14.6 Å². The molecule has 47 heavy (non-hydrogen) atoms. The molecule has 2 aliphatic rings. The molecule has 6 rings (SSSR count). The molecule has 0 spiro atoms. The summed E-state index contributed by atoms with van der Waals surface area (Å²) in [5.74, 6) is 2.05. The highest BCUT2D eigenvalue weighted by molar-refractivity contribution is 6.09. The van der Waals surface area contributed by atoms with Gasteiger partial charge in [0.25, 0.3) is 0 Å². The Balaban J connectivity index is 1.18. The van der Waals surface area contributed by atoms with Crippen LogP contribution in [-0.2, 0) is 6.61 Å². The lowest BCUT2D eigenvalue weighted by atomic mass is 9.85. The zero-order valence-corrected chi connectivity index (χ0v) is 27.5. The van der Waals surface area contributed by atoms with E-state index in [2.05, 4.69) is 43.8 Å². The molecular formula is C36H44N8O3. The Labute approximate surface area is 275 Å². The third-order valence-electron chi connectivity index (χ3n) is 9.10. The number of aliphatic hydroxyl groups excluding tert-OH is 1. The van der Waals surface area contributed by atoms with Gasteiger partial charge in [0.2, 0.25) is 0 Å². The molecule has 3 atom stereocenters. The molecule has 2 aromatic heterocycles. The second-order valence-electron chi connectivity index (χ2n) is 13.5. The van der Waals surface area contributed by atoms with E-state index >= 15 is 0 Å². The second kappa shape index (κ2) is 13.6. The number of hydrogen-bond acceptors (Lipinski definition) is 8. The molecule has 3 heterocycles. The Hall–Kier alpha value is -4.61. The molecular weight excluding hydrogens is 592 g/mol. The van der Waals surface area contributed by atoms with Crippen molar-refractivity contribution in [3.63, 3.8) is 0 Å². The molecule has 2 amide bonds. The van der Waals surface area contributed by atoms with Gasteiger partial charge in [-0.25, -0.2) is 9.79 Å². The van der Waals surface area contributed by atoms with E-state index in [0.29, 0.717) is 30.1 Å². The summed E-state index contributed by atoms with van der Waals surface area (Å²) in [6.07, 6.45) is 5.60. The Morgan fingerprint density at radius 2 is 1.87 bits per heavy atom. The van der Waals surface area contributed by atoms with Crippen LogP contribution in [0.2, 0.25) is 0 Å². The number of pyridine rings is 1. The van der Waals surface area contributed by atoms with E-state index in [1.54, 1.807) is 6.07 Å². The first-order chi connectivity index (χ1) is 22.6. The summed E-state index contributed by atoms with van der Waals surface area (Å²) < 4.78 is 8.65. The highest BCUT2D eigenvalue weighted by atomic mass is 16.5. The highest BCUT2D eigenvalue weighted by Crippen LogP contribution is 2.39. The van der Waals surface area contributed by atoms with Crippen LogP contribution < -0.4 is 15.4 Å². The monoisotopic (exact) mass is 636 g/mol. The molecule has 0 bridgehead atoms. The van der Waals surface area contributed by atoms with Crippen LogP contribution in [0.25, 0.3) is 5.65 Å². The second-order valence-corrected chi connectivity index (χ2v) is 13.5. The summed E-state index contributed by atoms with van der Waals surface area (Å²) in [6, 6.07) is 18.8. The number of aliphatic hydroxyl groups is 1. The van der Waals surface area contributed by atoms with Crippen molar-refractivity contribution in [3.8, 4) is 5.75 Å². The fourth-order valence-electron chi connectivity index (χ4n) is 6.36. The van der Waals surface area contributed by atoms with Gasteiger partial charge in [-0.1, -0.05) is 57.2 Å². The normalized spacial score (nSPS) is 20.2. The quantitative estimate of drug-likeness (QED) is 0.130. The number of nitrogens with zero attached hydrogens (tertiary/aromatic N) is 5. The van der Waals surface area contributed by atoms with E-state index in [0.717, 1.165) is 53.3 Å². The van der Waals surface area contributed by atoms with E-state index in [1.807, 2.05) is 79.9 Å². The van der Waals surface area contributed by atoms with Crippen molar-refractivity contribution >= 4 is 28.9 Å². The zero-order chi connectivity index (χ0) is 33.1. The predicted molar refractivity (Wildman–Crippen MR) is 182 cm³/mol. The first-order valence-corrected chi connectivity index (χ1v) is 16.3. The van der Waals surface area contributed by atoms with Crippen LogP contribution in [-0.4, -0.2) is 55.8 Å².